The number of rotatable bonds is 10. The number of fused-ring (bicyclic) bond motifs is 2. The molecule has 2 aliphatic rings. The van der Waals surface area contributed by atoms with Crippen LogP contribution in [0, 0.1) is 22.7 Å². The van der Waals surface area contributed by atoms with Crippen molar-refractivity contribution in [1.82, 2.24) is 0 Å². The Morgan fingerprint density at radius 2 is 1.63 bits per heavy atom. The molecule has 0 aromatic carbocycles. The number of unbranched alkanes of at least 4 members (excludes halogenated alkanes) is 2. The Morgan fingerprint density at radius 3 is 1.93 bits per heavy atom. The number of Topliss-reactive ketones (excluding diaryl/α,β-unsaturated/α-hetero) is 2. The van der Waals surface area contributed by atoms with Crippen LogP contribution in [-0.2, 0) is 30.6 Å². The molecule has 2 bridgehead atoms. The highest BCUT2D eigenvalue weighted by atomic mass is 32.2. The van der Waals surface area contributed by atoms with Crippen molar-refractivity contribution < 1.29 is 22.6 Å². The van der Waals surface area contributed by atoms with Gasteiger partial charge in [0.05, 0.1) is 0 Å². The molecule has 2 saturated carbocycles. The van der Waals surface area contributed by atoms with Gasteiger partial charge in [-0.2, -0.15) is 0 Å². The molecule has 0 aliphatic heterocycles. The van der Waals surface area contributed by atoms with Gasteiger partial charge in [-0.3, -0.25) is 9.59 Å². The molecule has 5 nitrogen and oxygen atoms in total. The second-order valence-electron chi connectivity index (χ2n) is 9.97. The van der Waals surface area contributed by atoms with E-state index >= 15 is 0 Å². The summed E-state index contributed by atoms with van der Waals surface area (Å²) in [5.74, 6) is 3.42. The van der Waals surface area contributed by atoms with Gasteiger partial charge >= 0.3 is 0 Å². The molecule has 0 heterocycles. The van der Waals surface area contributed by atoms with E-state index < -0.39 is 20.8 Å². The maximum Gasteiger partial charge on any atom is 0.184 e. The van der Waals surface area contributed by atoms with Gasteiger partial charge in [-0.25, -0.2) is 8.42 Å². The standard InChI is InChI=1S/C13H27OS.C10H16O4S/c1-5-7-9-15(10-8-6-2)11-13(14)12(3)4;1-9(2)6-4-5-10(9,3)8(11)7(6)15(12,13)14/h12H,5-11H2,1-4H3;6-7H,4-5H2,1-3H3,(H,12,13,14)/q+1;/p-1. The van der Waals surface area contributed by atoms with Crippen LogP contribution >= 0.6 is 0 Å². The number of carbonyl (C=O) groups excluding carboxylic acids is 2. The first-order valence-corrected chi connectivity index (χ1v) is 14.6. The summed E-state index contributed by atoms with van der Waals surface area (Å²) in [6, 6.07) is 0. The van der Waals surface area contributed by atoms with E-state index in [-0.39, 0.29) is 23.0 Å². The van der Waals surface area contributed by atoms with Crippen molar-refractivity contribution in [3.63, 3.8) is 0 Å². The van der Waals surface area contributed by atoms with Gasteiger partial charge < -0.3 is 4.55 Å². The lowest BCUT2D eigenvalue weighted by molar-refractivity contribution is -0.128. The van der Waals surface area contributed by atoms with Crippen LogP contribution < -0.4 is 0 Å². The smallest absolute Gasteiger partial charge is 0.184 e. The Kier molecular flexibility index (Phi) is 10.1. The maximum atomic E-state index is 12.0. The van der Waals surface area contributed by atoms with Gasteiger partial charge in [0.15, 0.2) is 17.3 Å². The summed E-state index contributed by atoms with van der Waals surface area (Å²) in [4.78, 5) is 23.7. The minimum Gasteiger partial charge on any atom is -0.747 e. The van der Waals surface area contributed by atoms with Crippen LogP contribution in [0.2, 0.25) is 0 Å². The zero-order valence-electron chi connectivity index (χ0n) is 20.0. The molecule has 0 saturated heterocycles. The fourth-order valence-electron chi connectivity index (χ4n) is 4.65. The van der Waals surface area contributed by atoms with E-state index in [0.29, 0.717) is 29.5 Å². The zero-order valence-corrected chi connectivity index (χ0v) is 21.6. The van der Waals surface area contributed by atoms with Gasteiger partial charge in [0.25, 0.3) is 0 Å². The van der Waals surface area contributed by atoms with Crippen LogP contribution in [0.15, 0.2) is 0 Å². The number of carbonyl (C=O) groups is 2. The van der Waals surface area contributed by atoms with Gasteiger partial charge in [0.2, 0.25) is 0 Å². The van der Waals surface area contributed by atoms with Crippen LogP contribution in [0.5, 0.6) is 0 Å². The zero-order chi connectivity index (χ0) is 23.3. The quantitative estimate of drug-likeness (QED) is 0.355. The Balaban J connectivity index is 0.000000300. The summed E-state index contributed by atoms with van der Waals surface area (Å²) in [5, 5.41) is -1.30. The van der Waals surface area contributed by atoms with Crippen molar-refractivity contribution in [1.29, 1.82) is 0 Å². The monoisotopic (exact) mass is 462 g/mol. The summed E-state index contributed by atoms with van der Waals surface area (Å²) < 4.78 is 33.3. The summed E-state index contributed by atoms with van der Waals surface area (Å²) in [6.07, 6.45) is 6.46. The van der Waals surface area contributed by atoms with Crippen molar-refractivity contribution >= 4 is 32.6 Å². The third-order valence-corrected chi connectivity index (χ3v) is 10.9. The van der Waals surface area contributed by atoms with E-state index in [4.69, 9.17) is 0 Å². The minimum atomic E-state index is -4.49. The number of hydrogen-bond acceptors (Lipinski definition) is 5. The maximum absolute atomic E-state index is 12.0. The Hall–Kier alpha value is -0.400. The van der Waals surface area contributed by atoms with Gasteiger partial charge in [0.1, 0.15) is 26.9 Å². The predicted octanol–water partition coefficient (Wildman–Crippen LogP) is 4.36. The minimum absolute atomic E-state index is 0.225. The second-order valence-corrected chi connectivity index (χ2v) is 13.8. The fraction of sp³-hybridized carbons (Fsp3) is 0.913. The predicted molar refractivity (Wildman–Crippen MR) is 125 cm³/mol. The first kappa shape index (κ1) is 27.6. The average Bonchev–Trinajstić information content (AvgIpc) is 2.95. The second kappa shape index (κ2) is 11.0. The normalized spacial score (nSPS) is 27.5. The average molecular weight is 463 g/mol. The molecule has 2 aliphatic carbocycles. The van der Waals surface area contributed by atoms with E-state index in [2.05, 4.69) is 13.8 Å². The first-order chi connectivity index (χ1) is 13.7. The highest BCUT2D eigenvalue weighted by molar-refractivity contribution is 7.97. The van der Waals surface area contributed by atoms with E-state index in [1.165, 1.54) is 37.2 Å². The molecular formula is C23H42O5S2. The van der Waals surface area contributed by atoms with Crippen LogP contribution in [0.4, 0.5) is 0 Å². The molecule has 0 radical (unpaired) electrons. The fourth-order valence-corrected chi connectivity index (χ4v) is 8.67. The van der Waals surface area contributed by atoms with Gasteiger partial charge in [-0.1, -0.05) is 61.3 Å². The molecule has 7 heteroatoms. The molecule has 0 spiro atoms. The topological polar surface area (TPSA) is 91.3 Å². The summed E-state index contributed by atoms with van der Waals surface area (Å²) in [6.45, 7) is 14.1. The molecule has 0 aromatic heterocycles. The van der Waals surface area contributed by atoms with E-state index in [1.807, 2.05) is 27.7 Å². The third kappa shape index (κ3) is 6.10. The van der Waals surface area contributed by atoms with Crippen molar-refractivity contribution in [3.05, 3.63) is 0 Å². The van der Waals surface area contributed by atoms with Gasteiger partial charge in [-0.15, -0.1) is 0 Å². The number of hydrogen-bond donors (Lipinski definition) is 0. The SMILES string of the molecule is CC12CCC(C(S(=O)(=O)[O-])C1=O)C2(C)C.CCCC[S+](CCCC)CC(=O)C(C)C. The molecule has 2 fully saturated rings. The summed E-state index contributed by atoms with van der Waals surface area (Å²) >= 11 is 0. The third-order valence-electron chi connectivity index (χ3n) is 7.35. The summed E-state index contributed by atoms with van der Waals surface area (Å²) in [5.41, 5.74) is -0.994. The van der Waals surface area contributed by atoms with Crippen LogP contribution in [0.25, 0.3) is 0 Å². The lowest BCUT2D eigenvalue weighted by atomic mass is 9.70. The molecule has 3 unspecified atom stereocenters. The molecule has 30 heavy (non-hydrogen) atoms. The van der Waals surface area contributed by atoms with E-state index in [9.17, 15) is 22.6 Å². The van der Waals surface area contributed by atoms with Gasteiger partial charge in [-0.05, 0) is 47.9 Å². The lowest BCUT2D eigenvalue weighted by Gasteiger charge is -2.32. The first-order valence-electron chi connectivity index (χ1n) is 11.4. The van der Waals surface area contributed by atoms with Crippen LogP contribution in [0.1, 0.15) is 87.0 Å². The van der Waals surface area contributed by atoms with Crippen LogP contribution in [-0.4, -0.2) is 47.0 Å². The Bertz CT molecular complexity index is 690. The van der Waals surface area contributed by atoms with E-state index in [1.54, 1.807) is 6.92 Å². The molecule has 0 N–H and O–H groups in total. The molecule has 2 rings (SSSR count). The Labute approximate surface area is 187 Å². The highest BCUT2D eigenvalue weighted by Crippen LogP contribution is 2.64. The van der Waals surface area contributed by atoms with Crippen LogP contribution in [0.3, 0.4) is 0 Å². The van der Waals surface area contributed by atoms with Crippen molar-refractivity contribution in [2.75, 3.05) is 17.3 Å². The molecule has 0 aromatic rings. The molecular weight excluding hydrogens is 420 g/mol. The van der Waals surface area contributed by atoms with Crippen molar-refractivity contribution in [2.24, 2.45) is 22.7 Å². The lowest BCUT2D eigenvalue weighted by Crippen LogP contribution is -2.38. The van der Waals surface area contributed by atoms with E-state index in [0.717, 1.165) is 5.75 Å². The van der Waals surface area contributed by atoms with Crippen molar-refractivity contribution in [3.8, 4) is 0 Å². The van der Waals surface area contributed by atoms with Gasteiger partial charge in [0, 0.05) is 11.3 Å². The largest absolute Gasteiger partial charge is 0.747 e. The summed E-state index contributed by atoms with van der Waals surface area (Å²) in [7, 11) is -4.12. The molecule has 176 valence electrons. The van der Waals surface area contributed by atoms with Crippen molar-refractivity contribution in [2.45, 2.75) is 92.2 Å². The Morgan fingerprint density at radius 1 is 1.13 bits per heavy atom. The number of ketones is 2. The molecule has 3 atom stereocenters. The molecule has 0 amide bonds. The highest BCUT2D eigenvalue weighted by Gasteiger charge is 2.67.